The van der Waals surface area contributed by atoms with Gasteiger partial charge in [-0.3, -0.25) is 0 Å². The molecule has 0 amide bonds. The molecule has 0 bridgehead atoms. The predicted octanol–water partition coefficient (Wildman–Crippen LogP) is 3.31. The number of aryl methyl sites for hydroxylation is 1. The molecular formula is C11H19NOS. The van der Waals surface area contributed by atoms with Gasteiger partial charge in [0.1, 0.15) is 0 Å². The molecule has 1 N–H and O–H groups in total. The fraction of sp³-hybridized carbons (Fsp3) is 0.727. The standard InChI is InChI=1S/C11H19NOS/c1-4-5-8(2)6-10(13)11-7-12-9(3)14-11/h7-8,10,13H,4-6H2,1-3H3. The quantitative estimate of drug-likeness (QED) is 0.814. The van der Waals surface area contributed by atoms with Gasteiger partial charge in [0.05, 0.1) is 16.0 Å². The summed E-state index contributed by atoms with van der Waals surface area (Å²) >= 11 is 1.59. The summed E-state index contributed by atoms with van der Waals surface area (Å²) < 4.78 is 0. The van der Waals surface area contributed by atoms with Gasteiger partial charge in [-0.2, -0.15) is 0 Å². The first kappa shape index (κ1) is 11.7. The van der Waals surface area contributed by atoms with Gasteiger partial charge in [0.15, 0.2) is 0 Å². The minimum absolute atomic E-state index is 0.317. The number of hydrogen-bond donors (Lipinski definition) is 1. The zero-order valence-corrected chi connectivity index (χ0v) is 9.97. The van der Waals surface area contributed by atoms with Gasteiger partial charge in [-0.25, -0.2) is 4.98 Å². The second kappa shape index (κ2) is 5.47. The average molecular weight is 213 g/mol. The number of nitrogens with zero attached hydrogens (tertiary/aromatic N) is 1. The molecule has 3 heteroatoms. The van der Waals surface area contributed by atoms with E-state index < -0.39 is 0 Å². The van der Waals surface area contributed by atoms with Crippen LogP contribution in [0.1, 0.15) is 49.1 Å². The van der Waals surface area contributed by atoms with Crippen molar-refractivity contribution in [1.29, 1.82) is 0 Å². The lowest BCUT2D eigenvalue weighted by Crippen LogP contribution is -2.02. The van der Waals surface area contributed by atoms with E-state index in [2.05, 4.69) is 18.8 Å². The molecule has 1 heterocycles. The van der Waals surface area contributed by atoms with Crippen molar-refractivity contribution >= 4 is 11.3 Å². The Bertz CT molecular complexity index is 272. The molecular weight excluding hydrogens is 194 g/mol. The second-order valence-corrected chi connectivity index (χ2v) is 5.19. The zero-order valence-electron chi connectivity index (χ0n) is 9.16. The molecule has 2 atom stereocenters. The van der Waals surface area contributed by atoms with Crippen molar-refractivity contribution in [3.05, 3.63) is 16.1 Å². The molecule has 2 nitrogen and oxygen atoms in total. The van der Waals surface area contributed by atoms with Gasteiger partial charge in [-0.1, -0.05) is 26.7 Å². The maximum atomic E-state index is 9.90. The summed E-state index contributed by atoms with van der Waals surface area (Å²) in [5, 5.41) is 10.9. The summed E-state index contributed by atoms with van der Waals surface area (Å²) in [6.45, 7) is 6.34. The van der Waals surface area contributed by atoms with E-state index in [1.807, 2.05) is 6.92 Å². The van der Waals surface area contributed by atoms with Gasteiger partial charge in [0, 0.05) is 6.20 Å². The molecule has 0 saturated carbocycles. The number of aliphatic hydroxyl groups excluding tert-OH is 1. The molecule has 2 unspecified atom stereocenters. The Kier molecular flexibility index (Phi) is 4.55. The van der Waals surface area contributed by atoms with Crippen LogP contribution in [0.15, 0.2) is 6.20 Å². The lowest BCUT2D eigenvalue weighted by Gasteiger charge is -2.13. The smallest absolute Gasteiger partial charge is 0.0900 e. The lowest BCUT2D eigenvalue weighted by atomic mass is 9.98. The van der Waals surface area contributed by atoms with Crippen LogP contribution in [0.5, 0.6) is 0 Å². The van der Waals surface area contributed by atoms with Crippen molar-refractivity contribution in [2.75, 3.05) is 0 Å². The Morgan fingerprint density at radius 3 is 2.79 bits per heavy atom. The zero-order chi connectivity index (χ0) is 10.6. The van der Waals surface area contributed by atoms with Gasteiger partial charge in [0.2, 0.25) is 0 Å². The van der Waals surface area contributed by atoms with E-state index in [9.17, 15) is 5.11 Å². The highest BCUT2D eigenvalue weighted by Crippen LogP contribution is 2.27. The van der Waals surface area contributed by atoms with E-state index in [-0.39, 0.29) is 6.10 Å². The SMILES string of the molecule is CCCC(C)CC(O)c1cnc(C)s1. The fourth-order valence-electron chi connectivity index (χ4n) is 1.64. The van der Waals surface area contributed by atoms with Crippen LogP contribution in [0.4, 0.5) is 0 Å². The summed E-state index contributed by atoms with van der Waals surface area (Å²) in [5.41, 5.74) is 0. The van der Waals surface area contributed by atoms with Crippen LogP contribution >= 0.6 is 11.3 Å². The topological polar surface area (TPSA) is 33.1 Å². The van der Waals surface area contributed by atoms with E-state index in [0.29, 0.717) is 5.92 Å². The summed E-state index contributed by atoms with van der Waals surface area (Å²) in [4.78, 5) is 5.15. The van der Waals surface area contributed by atoms with E-state index in [1.54, 1.807) is 17.5 Å². The summed E-state index contributed by atoms with van der Waals surface area (Å²) in [6.07, 6.45) is 4.71. The first-order valence-electron chi connectivity index (χ1n) is 5.23. The van der Waals surface area contributed by atoms with Gasteiger partial charge in [-0.05, 0) is 19.3 Å². The molecule has 0 saturated heterocycles. The van der Waals surface area contributed by atoms with E-state index >= 15 is 0 Å². The Labute approximate surface area is 90.0 Å². The number of aliphatic hydroxyl groups is 1. The molecule has 1 rings (SSSR count). The van der Waals surface area contributed by atoms with Crippen LogP contribution in [0.2, 0.25) is 0 Å². The first-order valence-corrected chi connectivity index (χ1v) is 6.05. The Balaban J connectivity index is 2.45. The first-order chi connectivity index (χ1) is 6.63. The van der Waals surface area contributed by atoms with Crippen LogP contribution in [-0.2, 0) is 0 Å². The highest BCUT2D eigenvalue weighted by atomic mass is 32.1. The minimum atomic E-state index is -0.317. The molecule has 0 aliphatic carbocycles. The highest BCUT2D eigenvalue weighted by Gasteiger charge is 2.13. The molecule has 0 aromatic carbocycles. The third-order valence-corrected chi connectivity index (χ3v) is 3.39. The lowest BCUT2D eigenvalue weighted by molar-refractivity contribution is 0.148. The largest absolute Gasteiger partial charge is 0.388 e. The molecule has 0 aliphatic rings. The van der Waals surface area contributed by atoms with Crippen molar-refractivity contribution in [3.8, 4) is 0 Å². The number of thiazole rings is 1. The highest BCUT2D eigenvalue weighted by molar-refractivity contribution is 7.11. The molecule has 80 valence electrons. The Hall–Kier alpha value is -0.410. The minimum Gasteiger partial charge on any atom is -0.388 e. The number of hydrogen-bond acceptors (Lipinski definition) is 3. The molecule has 1 aromatic heterocycles. The van der Waals surface area contributed by atoms with Crippen LogP contribution in [0.25, 0.3) is 0 Å². The molecule has 0 spiro atoms. The van der Waals surface area contributed by atoms with E-state index in [0.717, 1.165) is 16.3 Å². The van der Waals surface area contributed by atoms with Crippen molar-refractivity contribution < 1.29 is 5.11 Å². The van der Waals surface area contributed by atoms with E-state index in [4.69, 9.17) is 0 Å². The second-order valence-electron chi connectivity index (χ2n) is 3.93. The van der Waals surface area contributed by atoms with Crippen molar-refractivity contribution in [1.82, 2.24) is 4.98 Å². The van der Waals surface area contributed by atoms with Crippen LogP contribution < -0.4 is 0 Å². The summed E-state index contributed by atoms with van der Waals surface area (Å²) in [7, 11) is 0. The van der Waals surface area contributed by atoms with Crippen LogP contribution in [-0.4, -0.2) is 10.1 Å². The van der Waals surface area contributed by atoms with Crippen molar-refractivity contribution in [3.63, 3.8) is 0 Å². The summed E-state index contributed by atoms with van der Waals surface area (Å²) in [6, 6.07) is 0. The maximum Gasteiger partial charge on any atom is 0.0900 e. The monoisotopic (exact) mass is 213 g/mol. The molecule has 1 aromatic rings. The van der Waals surface area contributed by atoms with Gasteiger partial charge >= 0.3 is 0 Å². The summed E-state index contributed by atoms with van der Waals surface area (Å²) in [5.74, 6) is 0.595. The van der Waals surface area contributed by atoms with Crippen LogP contribution in [0, 0.1) is 12.8 Å². The third-order valence-electron chi connectivity index (χ3n) is 2.37. The van der Waals surface area contributed by atoms with Gasteiger partial charge in [0.25, 0.3) is 0 Å². The van der Waals surface area contributed by atoms with Gasteiger partial charge in [-0.15, -0.1) is 11.3 Å². The number of aromatic nitrogens is 1. The van der Waals surface area contributed by atoms with Crippen LogP contribution in [0.3, 0.4) is 0 Å². The normalized spacial score (nSPS) is 15.4. The Morgan fingerprint density at radius 1 is 1.57 bits per heavy atom. The fourth-order valence-corrected chi connectivity index (χ4v) is 2.42. The van der Waals surface area contributed by atoms with Crippen molar-refractivity contribution in [2.24, 2.45) is 5.92 Å². The van der Waals surface area contributed by atoms with Crippen molar-refractivity contribution in [2.45, 2.75) is 46.1 Å². The third kappa shape index (κ3) is 3.39. The number of rotatable bonds is 5. The maximum absolute atomic E-state index is 9.90. The predicted molar refractivity (Wildman–Crippen MR) is 60.5 cm³/mol. The Morgan fingerprint density at radius 2 is 2.29 bits per heavy atom. The van der Waals surface area contributed by atoms with Gasteiger partial charge < -0.3 is 5.11 Å². The molecule has 0 radical (unpaired) electrons. The average Bonchev–Trinajstić information content (AvgIpc) is 2.52. The van der Waals surface area contributed by atoms with E-state index in [1.165, 1.54) is 12.8 Å². The molecule has 0 fully saturated rings. The molecule has 14 heavy (non-hydrogen) atoms. The molecule has 0 aliphatic heterocycles.